The second-order valence-corrected chi connectivity index (χ2v) is 3.34. The van der Waals surface area contributed by atoms with Crippen molar-refractivity contribution in [3.05, 3.63) is 42.0 Å². The van der Waals surface area contributed by atoms with Gasteiger partial charge in [-0.2, -0.15) is 0 Å². The van der Waals surface area contributed by atoms with Crippen molar-refractivity contribution in [1.82, 2.24) is 5.32 Å². The van der Waals surface area contributed by atoms with Gasteiger partial charge in [-0.1, -0.05) is 12.0 Å². The summed E-state index contributed by atoms with van der Waals surface area (Å²) in [5.74, 6) is 0.279. The molecule has 0 radical (unpaired) electrons. The zero-order chi connectivity index (χ0) is 14.3. The number of nitrogens with one attached hydrogen (secondary N) is 2. The molecule has 19 heavy (non-hydrogen) atoms. The fourth-order valence-electron chi connectivity index (χ4n) is 1.15. The highest BCUT2D eigenvalue weighted by atomic mass is 16.4. The van der Waals surface area contributed by atoms with Gasteiger partial charge in [-0.05, 0) is 18.2 Å². The predicted molar refractivity (Wildman–Crippen MR) is 68.3 cm³/mol. The van der Waals surface area contributed by atoms with Crippen molar-refractivity contribution < 1.29 is 19.5 Å². The number of carbonyl (C=O) groups excluding carboxylic acids is 2. The van der Waals surface area contributed by atoms with Gasteiger partial charge in [0, 0.05) is 23.4 Å². The van der Waals surface area contributed by atoms with Gasteiger partial charge < -0.3 is 10.4 Å². The zero-order valence-corrected chi connectivity index (χ0v) is 9.71. The van der Waals surface area contributed by atoms with Gasteiger partial charge in [0.1, 0.15) is 0 Å². The average molecular weight is 258 g/mol. The van der Waals surface area contributed by atoms with E-state index < -0.39 is 17.9 Å². The first-order valence-electron chi connectivity index (χ1n) is 5.11. The highest BCUT2D eigenvalue weighted by Gasteiger charge is 2.05. The minimum atomic E-state index is -1.28. The lowest BCUT2D eigenvalue weighted by Crippen LogP contribution is -2.33. The fraction of sp³-hybridized carbons (Fsp3) is 0. The molecule has 0 atom stereocenters. The van der Waals surface area contributed by atoms with Crippen LogP contribution in [0.4, 0.5) is 10.5 Å². The summed E-state index contributed by atoms with van der Waals surface area (Å²) < 4.78 is 0. The lowest BCUT2D eigenvalue weighted by Gasteiger charge is -2.05. The monoisotopic (exact) mass is 258 g/mol. The van der Waals surface area contributed by atoms with E-state index in [9.17, 15) is 14.4 Å². The second-order valence-electron chi connectivity index (χ2n) is 3.34. The Labute approximate surface area is 109 Å². The molecule has 6 heteroatoms. The molecule has 0 aliphatic carbocycles. The zero-order valence-electron chi connectivity index (χ0n) is 9.71. The van der Waals surface area contributed by atoms with E-state index in [2.05, 4.69) is 11.2 Å². The molecule has 1 aromatic carbocycles. The Morgan fingerprint density at radius 2 is 2.00 bits per heavy atom. The van der Waals surface area contributed by atoms with Crippen LogP contribution in [0, 0.1) is 12.3 Å². The number of terminal acetylenes is 1. The van der Waals surface area contributed by atoms with E-state index in [1.165, 1.54) is 0 Å². The van der Waals surface area contributed by atoms with E-state index >= 15 is 0 Å². The molecular formula is C13H10N2O4. The van der Waals surface area contributed by atoms with Gasteiger partial charge in [-0.25, -0.2) is 9.59 Å². The van der Waals surface area contributed by atoms with E-state index in [-0.39, 0.29) is 0 Å². The molecule has 0 aliphatic heterocycles. The third kappa shape index (κ3) is 5.19. The summed E-state index contributed by atoms with van der Waals surface area (Å²) in [5.41, 5.74) is 0.998. The summed E-state index contributed by atoms with van der Waals surface area (Å²) in [6.07, 6.45) is 6.56. The number of amides is 3. The van der Waals surface area contributed by atoms with Crippen molar-refractivity contribution in [2.75, 3.05) is 5.32 Å². The van der Waals surface area contributed by atoms with Gasteiger partial charge in [0.15, 0.2) is 0 Å². The van der Waals surface area contributed by atoms with E-state index in [0.717, 1.165) is 6.08 Å². The Kier molecular flexibility index (Phi) is 4.87. The lowest BCUT2D eigenvalue weighted by molar-refractivity contribution is -0.131. The number of aliphatic carboxylic acids is 1. The fourth-order valence-corrected chi connectivity index (χ4v) is 1.15. The third-order valence-corrected chi connectivity index (χ3v) is 1.90. The number of benzene rings is 1. The molecule has 0 spiro atoms. The topological polar surface area (TPSA) is 95.5 Å². The van der Waals surface area contributed by atoms with Crippen LogP contribution in [0.25, 0.3) is 0 Å². The number of carboxylic acids is 1. The van der Waals surface area contributed by atoms with Crippen molar-refractivity contribution in [2.45, 2.75) is 0 Å². The largest absolute Gasteiger partial charge is 0.478 e. The van der Waals surface area contributed by atoms with Gasteiger partial charge in [0.05, 0.1) is 0 Å². The highest BCUT2D eigenvalue weighted by molar-refractivity contribution is 6.06. The number of rotatable bonds is 3. The van der Waals surface area contributed by atoms with Crippen molar-refractivity contribution in [3.63, 3.8) is 0 Å². The molecule has 96 valence electrons. The summed E-state index contributed by atoms with van der Waals surface area (Å²) in [6, 6.07) is 5.70. The first kappa shape index (κ1) is 14.0. The second kappa shape index (κ2) is 6.61. The van der Waals surface area contributed by atoms with Crippen LogP contribution in [0.1, 0.15) is 5.56 Å². The Bertz CT molecular complexity index is 585. The Morgan fingerprint density at radius 3 is 2.63 bits per heavy atom. The molecule has 0 fully saturated rings. The smallest absolute Gasteiger partial charge is 0.328 e. The van der Waals surface area contributed by atoms with Crippen LogP contribution in [0.15, 0.2) is 36.4 Å². The van der Waals surface area contributed by atoms with E-state index in [1.807, 2.05) is 5.32 Å². The minimum Gasteiger partial charge on any atom is -0.478 e. The molecule has 6 nitrogen and oxygen atoms in total. The number of carboxylic acid groups (broad SMARTS) is 1. The quantitative estimate of drug-likeness (QED) is 0.555. The van der Waals surface area contributed by atoms with Crippen LogP contribution < -0.4 is 10.6 Å². The maximum Gasteiger partial charge on any atom is 0.328 e. The number of anilines is 1. The number of urea groups is 1. The number of carbonyl (C=O) groups is 3. The van der Waals surface area contributed by atoms with Gasteiger partial charge in [0.2, 0.25) is 0 Å². The standard InChI is InChI=1S/C13H10N2O4/c1-2-9-4-3-5-10(8-9)14-13(19)15-11(16)6-7-12(17)18/h1,3-8H,(H,17,18)(H2,14,15,16,19)/b7-6+. The molecule has 0 heterocycles. The van der Waals surface area contributed by atoms with E-state index in [0.29, 0.717) is 17.3 Å². The summed E-state index contributed by atoms with van der Waals surface area (Å²) in [6.45, 7) is 0. The molecule has 0 unspecified atom stereocenters. The van der Waals surface area contributed by atoms with Crippen LogP contribution in [0.3, 0.4) is 0 Å². The number of hydrogen-bond donors (Lipinski definition) is 3. The van der Waals surface area contributed by atoms with Crippen LogP contribution in [0.2, 0.25) is 0 Å². The Balaban J connectivity index is 2.58. The van der Waals surface area contributed by atoms with Gasteiger partial charge in [-0.3, -0.25) is 10.1 Å². The first-order chi connectivity index (χ1) is 9.01. The summed E-state index contributed by atoms with van der Waals surface area (Å²) in [7, 11) is 0. The first-order valence-corrected chi connectivity index (χ1v) is 5.11. The normalized spacial score (nSPS) is 9.63. The van der Waals surface area contributed by atoms with Crippen LogP contribution in [0.5, 0.6) is 0 Å². The number of imide groups is 1. The predicted octanol–water partition coefficient (Wildman–Crippen LogP) is 0.957. The molecule has 0 bridgehead atoms. The molecule has 1 aromatic rings. The Morgan fingerprint density at radius 1 is 1.26 bits per heavy atom. The maximum absolute atomic E-state index is 11.4. The van der Waals surface area contributed by atoms with Crippen molar-refractivity contribution >= 4 is 23.6 Å². The summed E-state index contributed by atoms with van der Waals surface area (Å²) >= 11 is 0. The van der Waals surface area contributed by atoms with Crippen molar-refractivity contribution in [1.29, 1.82) is 0 Å². The third-order valence-electron chi connectivity index (χ3n) is 1.90. The molecule has 0 aromatic heterocycles. The molecule has 0 saturated heterocycles. The SMILES string of the molecule is C#Cc1cccc(NC(=O)NC(=O)/C=C/C(=O)O)c1. The average Bonchev–Trinajstić information content (AvgIpc) is 2.36. The van der Waals surface area contributed by atoms with Crippen LogP contribution >= 0.6 is 0 Å². The minimum absolute atomic E-state index is 0.419. The maximum atomic E-state index is 11.4. The summed E-state index contributed by atoms with van der Waals surface area (Å²) in [5, 5.41) is 12.6. The van der Waals surface area contributed by atoms with Crippen LogP contribution in [-0.2, 0) is 9.59 Å². The van der Waals surface area contributed by atoms with Crippen LogP contribution in [-0.4, -0.2) is 23.0 Å². The van der Waals surface area contributed by atoms with E-state index in [4.69, 9.17) is 11.5 Å². The van der Waals surface area contributed by atoms with Gasteiger partial charge in [0.25, 0.3) is 5.91 Å². The Hall–Kier alpha value is -3.07. The number of hydrogen-bond acceptors (Lipinski definition) is 3. The molecule has 0 aliphatic rings. The molecule has 3 N–H and O–H groups in total. The van der Waals surface area contributed by atoms with Gasteiger partial charge >= 0.3 is 12.0 Å². The molecule has 3 amide bonds. The van der Waals surface area contributed by atoms with E-state index in [1.54, 1.807) is 24.3 Å². The lowest BCUT2D eigenvalue weighted by atomic mass is 10.2. The highest BCUT2D eigenvalue weighted by Crippen LogP contribution is 2.09. The van der Waals surface area contributed by atoms with Gasteiger partial charge in [-0.15, -0.1) is 6.42 Å². The van der Waals surface area contributed by atoms with Crippen molar-refractivity contribution in [3.8, 4) is 12.3 Å². The molecule has 1 rings (SSSR count). The molecular weight excluding hydrogens is 248 g/mol. The van der Waals surface area contributed by atoms with Crippen molar-refractivity contribution in [2.24, 2.45) is 0 Å². The molecule has 0 saturated carbocycles. The summed E-state index contributed by atoms with van der Waals surface area (Å²) in [4.78, 5) is 32.7.